The third kappa shape index (κ3) is 6.52. The van der Waals surface area contributed by atoms with Gasteiger partial charge in [-0.15, -0.1) is 0 Å². The molecule has 6 rings (SSSR count). The van der Waals surface area contributed by atoms with E-state index in [1.807, 2.05) is 49.4 Å². The summed E-state index contributed by atoms with van der Waals surface area (Å²) in [5.41, 5.74) is 5.92. The van der Waals surface area contributed by atoms with E-state index in [0.29, 0.717) is 27.7 Å². The molecule has 4 aromatic carbocycles. The molecule has 0 spiro atoms. The van der Waals surface area contributed by atoms with Gasteiger partial charge in [0.2, 0.25) is 0 Å². The van der Waals surface area contributed by atoms with Gasteiger partial charge in [0.1, 0.15) is 5.82 Å². The number of likely N-dealkylation sites (tertiary alicyclic amines) is 1. The summed E-state index contributed by atoms with van der Waals surface area (Å²) in [6.07, 6.45) is 3.77. The van der Waals surface area contributed by atoms with Gasteiger partial charge in [0, 0.05) is 28.6 Å². The molecule has 3 N–H and O–H groups in total. The molecule has 0 aliphatic carbocycles. The highest BCUT2D eigenvalue weighted by molar-refractivity contribution is 6.22. The highest BCUT2D eigenvalue weighted by atomic mass is 19.1. The second kappa shape index (κ2) is 12.6. The molecule has 1 atom stereocenters. The highest BCUT2D eigenvalue weighted by Gasteiger charge is 2.21. The fraction of sp³-hybridized carbons (Fsp3) is 0.222. The highest BCUT2D eigenvalue weighted by Crippen LogP contribution is 2.33. The van der Waals surface area contributed by atoms with Gasteiger partial charge in [0.25, 0.3) is 5.91 Å². The Balaban J connectivity index is 1.36. The number of hydrogen-bond acceptors (Lipinski definition) is 4. The average Bonchev–Trinajstić information content (AvgIpc) is 3.36. The van der Waals surface area contributed by atoms with E-state index in [1.165, 1.54) is 37.0 Å². The molecule has 1 aliphatic heterocycles. The van der Waals surface area contributed by atoms with E-state index in [1.54, 1.807) is 30.3 Å². The number of aromatic hydroxyl groups is 1. The minimum absolute atomic E-state index is 0.0145. The van der Waals surface area contributed by atoms with Crippen LogP contribution in [-0.2, 0) is 6.54 Å². The van der Waals surface area contributed by atoms with Gasteiger partial charge < -0.3 is 15.4 Å². The second-order valence-corrected chi connectivity index (χ2v) is 11.2. The Labute approximate surface area is 250 Å². The van der Waals surface area contributed by atoms with Crippen molar-refractivity contribution in [3.8, 4) is 5.88 Å². The van der Waals surface area contributed by atoms with Crippen LogP contribution in [0.3, 0.4) is 0 Å². The van der Waals surface area contributed by atoms with E-state index in [-0.39, 0.29) is 23.6 Å². The lowest BCUT2D eigenvalue weighted by molar-refractivity contribution is 0.0940. The summed E-state index contributed by atoms with van der Waals surface area (Å²) in [7, 11) is 0. The van der Waals surface area contributed by atoms with E-state index >= 15 is 0 Å². The summed E-state index contributed by atoms with van der Waals surface area (Å²) < 4.78 is 13.4. The number of aliphatic imine (C=N–C) groups is 1. The fourth-order valence-electron chi connectivity index (χ4n) is 5.76. The third-order valence-corrected chi connectivity index (χ3v) is 8.05. The summed E-state index contributed by atoms with van der Waals surface area (Å²) in [6, 6.07) is 29.1. The lowest BCUT2D eigenvalue weighted by Crippen LogP contribution is -2.28. The van der Waals surface area contributed by atoms with Gasteiger partial charge in [-0.05, 0) is 86.4 Å². The van der Waals surface area contributed by atoms with E-state index in [0.717, 1.165) is 36.4 Å². The lowest BCUT2D eigenvalue weighted by Gasteiger charge is -2.26. The van der Waals surface area contributed by atoms with E-state index in [2.05, 4.69) is 27.3 Å². The molecule has 0 radical (unpaired) electrons. The molecule has 0 unspecified atom stereocenters. The Hall–Kier alpha value is -4.75. The minimum Gasteiger partial charge on any atom is -0.494 e. The van der Waals surface area contributed by atoms with Crippen LogP contribution in [-0.4, -0.2) is 39.7 Å². The normalized spacial score (nSPS) is 15.0. The number of H-pyrrole nitrogens is 1. The molecule has 1 amide bonds. The first-order valence-corrected chi connectivity index (χ1v) is 14.8. The van der Waals surface area contributed by atoms with Gasteiger partial charge in [-0.2, -0.15) is 0 Å². The van der Waals surface area contributed by atoms with Crippen LogP contribution in [0, 0.1) is 5.82 Å². The number of hydrogen-bond donors (Lipinski definition) is 3. The summed E-state index contributed by atoms with van der Waals surface area (Å²) in [5.74, 6) is -0.606. The predicted octanol–water partition coefficient (Wildman–Crippen LogP) is 7.66. The minimum atomic E-state index is -0.322. The number of halogens is 1. The first-order chi connectivity index (χ1) is 20.9. The first-order valence-electron chi connectivity index (χ1n) is 14.8. The molecule has 5 aromatic rings. The molecule has 0 saturated carbocycles. The first kappa shape index (κ1) is 28.4. The zero-order chi connectivity index (χ0) is 29.8. The number of fused-ring (bicyclic) bond motifs is 1. The maximum absolute atomic E-state index is 13.4. The summed E-state index contributed by atoms with van der Waals surface area (Å²) >= 11 is 0. The van der Waals surface area contributed by atoms with Crippen LogP contribution in [0.1, 0.15) is 64.8 Å². The van der Waals surface area contributed by atoms with E-state index in [4.69, 9.17) is 4.99 Å². The number of aromatic amines is 1. The van der Waals surface area contributed by atoms with Crippen molar-refractivity contribution < 1.29 is 14.3 Å². The number of rotatable bonds is 8. The number of nitrogens with one attached hydrogen (secondary N) is 2. The Morgan fingerprint density at radius 2 is 1.70 bits per heavy atom. The Bertz CT molecular complexity index is 1760. The van der Waals surface area contributed by atoms with Crippen molar-refractivity contribution in [1.82, 2.24) is 15.2 Å². The predicted molar refractivity (Wildman–Crippen MR) is 170 cm³/mol. The van der Waals surface area contributed by atoms with Gasteiger partial charge in [-0.25, -0.2) is 9.38 Å². The molecular weight excluding hydrogens is 539 g/mol. The molecule has 43 heavy (non-hydrogen) atoms. The zero-order valence-electron chi connectivity index (χ0n) is 24.2. The van der Waals surface area contributed by atoms with Crippen molar-refractivity contribution in [1.29, 1.82) is 0 Å². The third-order valence-electron chi connectivity index (χ3n) is 8.05. The van der Waals surface area contributed by atoms with Crippen LogP contribution in [0.15, 0.2) is 102 Å². The summed E-state index contributed by atoms with van der Waals surface area (Å²) in [5, 5.41) is 14.9. The fourth-order valence-corrected chi connectivity index (χ4v) is 5.76. The van der Waals surface area contributed by atoms with E-state index in [9.17, 15) is 14.3 Å². The number of aromatic nitrogens is 1. The molecule has 0 bridgehead atoms. The Kier molecular flexibility index (Phi) is 8.34. The SMILES string of the molecule is C[C@@H](NC(=O)c1ccc2[nH]c(O)c(C(=Nc3cccc(CN4CCCCC4)c3)c3ccccc3)c2c1)c1ccc(F)cc1. The Morgan fingerprint density at radius 1 is 0.930 bits per heavy atom. The number of amides is 1. The maximum atomic E-state index is 13.4. The molecule has 7 heteroatoms. The summed E-state index contributed by atoms with van der Waals surface area (Å²) in [4.78, 5) is 23.9. The van der Waals surface area contributed by atoms with Crippen LogP contribution in [0.5, 0.6) is 5.88 Å². The quantitative estimate of drug-likeness (QED) is 0.167. The van der Waals surface area contributed by atoms with Crippen LogP contribution >= 0.6 is 0 Å². The van der Waals surface area contributed by atoms with Crippen LogP contribution in [0.2, 0.25) is 0 Å². The van der Waals surface area contributed by atoms with Crippen molar-refractivity contribution in [3.63, 3.8) is 0 Å². The van der Waals surface area contributed by atoms with Crippen LogP contribution in [0.25, 0.3) is 10.9 Å². The summed E-state index contributed by atoms with van der Waals surface area (Å²) in [6.45, 7) is 4.98. The number of piperidine rings is 1. The number of carbonyl (C=O) groups is 1. The van der Waals surface area contributed by atoms with Crippen LogP contribution < -0.4 is 5.32 Å². The number of nitrogens with zero attached hydrogens (tertiary/aromatic N) is 2. The molecule has 218 valence electrons. The smallest absolute Gasteiger partial charge is 0.251 e. The van der Waals surface area contributed by atoms with Gasteiger partial charge in [-0.1, -0.05) is 61.0 Å². The topological polar surface area (TPSA) is 80.7 Å². The number of carbonyl (C=O) groups excluding carboxylic acids is 1. The van der Waals surface area contributed by atoms with Gasteiger partial charge in [0.15, 0.2) is 5.88 Å². The van der Waals surface area contributed by atoms with Gasteiger partial charge >= 0.3 is 0 Å². The average molecular weight is 575 g/mol. The second-order valence-electron chi connectivity index (χ2n) is 11.2. The zero-order valence-corrected chi connectivity index (χ0v) is 24.2. The molecular formula is C36H35FN4O2. The van der Waals surface area contributed by atoms with Crippen molar-refractivity contribution in [3.05, 3.63) is 131 Å². The standard InChI is InChI=1S/C36H35FN4O2/c1-24(26-13-16-29(37)17-14-26)38-35(42)28-15-18-32-31(22-28)33(36(43)40-32)34(27-10-4-2-5-11-27)39-30-12-8-9-25(21-30)23-41-19-6-3-7-20-41/h2,4-5,8-18,21-22,24,40,43H,3,6-7,19-20,23H2,1H3,(H,38,42)/t24-/m1/s1. The molecule has 1 fully saturated rings. The van der Waals surface area contributed by atoms with Crippen molar-refractivity contribution in [2.45, 2.75) is 38.8 Å². The maximum Gasteiger partial charge on any atom is 0.251 e. The molecule has 1 aliphatic rings. The largest absolute Gasteiger partial charge is 0.494 e. The molecule has 1 saturated heterocycles. The van der Waals surface area contributed by atoms with Crippen molar-refractivity contribution >= 4 is 28.2 Å². The van der Waals surface area contributed by atoms with Gasteiger partial charge in [0.05, 0.1) is 23.0 Å². The van der Waals surface area contributed by atoms with Crippen LogP contribution in [0.4, 0.5) is 10.1 Å². The van der Waals surface area contributed by atoms with E-state index < -0.39 is 0 Å². The van der Waals surface area contributed by atoms with Gasteiger partial charge in [-0.3, -0.25) is 9.69 Å². The molecule has 1 aromatic heterocycles. The lowest BCUT2D eigenvalue weighted by atomic mass is 9.99. The van der Waals surface area contributed by atoms with Crippen molar-refractivity contribution in [2.75, 3.05) is 13.1 Å². The Morgan fingerprint density at radius 3 is 2.47 bits per heavy atom. The molecule has 2 heterocycles. The van der Waals surface area contributed by atoms with Crippen molar-refractivity contribution in [2.24, 2.45) is 4.99 Å². The molecule has 6 nitrogen and oxygen atoms in total. The number of benzene rings is 4. The monoisotopic (exact) mass is 574 g/mol.